The predicted octanol–water partition coefficient (Wildman–Crippen LogP) is 3.80. The summed E-state index contributed by atoms with van der Waals surface area (Å²) in [5, 5.41) is 5.73. The molecule has 4 nitrogen and oxygen atoms in total. The third-order valence-electron chi connectivity index (χ3n) is 4.90. The standard InChI is InChI=1S/C19H19F3N4/c20-19(21,22)17-12-26-11-13(4-5-18(26)25-17)8-24-10-15-3-1-2-14-9-23-7-6-16(14)15/h1-3,6-7,9,12-13,24H,4-5,8,10-11H2/t13-/m1/s1. The van der Waals surface area contributed by atoms with Crippen LogP contribution in [0.1, 0.15) is 23.5 Å². The third-order valence-corrected chi connectivity index (χ3v) is 4.90. The van der Waals surface area contributed by atoms with E-state index in [9.17, 15) is 13.2 Å². The quantitative estimate of drug-likeness (QED) is 0.770. The molecule has 0 aliphatic carbocycles. The highest BCUT2D eigenvalue weighted by molar-refractivity contribution is 5.84. The molecule has 0 fully saturated rings. The minimum Gasteiger partial charge on any atom is -0.334 e. The number of benzene rings is 1. The number of alkyl halides is 3. The number of pyridine rings is 1. The summed E-state index contributed by atoms with van der Waals surface area (Å²) < 4.78 is 40.0. The van der Waals surface area contributed by atoms with Gasteiger partial charge in [0.2, 0.25) is 0 Å². The first-order chi connectivity index (χ1) is 12.5. The van der Waals surface area contributed by atoms with E-state index in [0.717, 1.165) is 31.1 Å². The number of aryl methyl sites for hydroxylation is 1. The number of hydrogen-bond acceptors (Lipinski definition) is 3. The molecule has 26 heavy (non-hydrogen) atoms. The van der Waals surface area contributed by atoms with Crippen LogP contribution in [0.25, 0.3) is 10.8 Å². The summed E-state index contributed by atoms with van der Waals surface area (Å²) in [7, 11) is 0. The summed E-state index contributed by atoms with van der Waals surface area (Å²) in [6.07, 6.45) is 1.83. The van der Waals surface area contributed by atoms with E-state index in [1.165, 1.54) is 10.9 Å². The van der Waals surface area contributed by atoms with Crippen molar-refractivity contribution in [3.05, 3.63) is 59.9 Å². The van der Waals surface area contributed by atoms with Gasteiger partial charge in [-0.25, -0.2) is 4.98 Å². The summed E-state index contributed by atoms with van der Waals surface area (Å²) in [5.74, 6) is 0.838. The fraction of sp³-hybridized carbons (Fsp3) is 0.368. The summed E-state index contributed by atoms with van der Waals surface area (Å²) in [6.45, 7) is 2.06. The van der Waals surface area contributed by atoms with Crippen molar-refractivity contribution >= 4 is 10.8 Å². The molecule has 7 heteroatoms. The van der Waals surface area contributed by atoms with Crippen LogP contribution >= 0.6 is 0 Å². The summed E-state index contributed by atoms with van der Waals surface area (Å²) >= 11 is 0. The Morgan fingerprint density at radius 3 is 2.96 bits per heavy atom. The van der Waals surface area contributed by atoms with Gasteiger partial charge in [-0.3, -0.25) is 4.98 Å². The largest absolute Gasteiger partial charge is 0.434 e. The van der Waals surface area contributed by atoms with Crippen molar-refractivity contribution in [3.63, 3.8) is 0 Å². The average Bonchev–Trinajstić information content (AvgIpc) is 3.06. The minimum atomic E-state index is -4.37. The monoisotopic (exact) mass is 360 g/mol. The molecule has 0 saturated heterocycles. The SMILES string of the molecule is FC(F)(F)c1cn2c(n1)CC[C@H](CNCc1cccc3cnccc13)C2. The summed E-state index contributed by atoms with van der Waals surface area (Å²) in [5.41, 5.74) is 0.411. The first kappa shape index (κ1) is 17.0. The highest BCUT2D eigenvalue weighted by atomic mass is 19.4. The molecule has 3 aromatic rings. The van der Waals surface area contributed by atoms with E-state index in [0.29, 0.717) is 24.7 Å². The Kier molecular flexibility index (Phi) is 4.40. The minimum absolute atomic E-state index is 0.300. The molecule has 1 atom stereocenters. The molecule has 0 unspecified atom stereocenters. The second kappa shape index (κ2) is 6.72. The molecule has 0 saturated carbocycles. The normalized spacial score (nSPS) is 17.4. The van der Waals surface area contributed by atoms with Gasteiger partial charge in [0.15, 0.2) is 5.69 Å². The Morgan fingerprint density at radius 2 is 2.12 bits per heavy atom. The number of halogens is 3. The lowest BCUT2D eigenvalue weighted by Crippen LogP contribution is -2.29. The molecule has 136 valence electrons. The fourth-order valence-electron chi connectivity index (χ4n) is 3.57. The number of rotatable bonds is 4. The average molecular weight is 360 g/mol. The lowest BCUT2D eigenvalue weighted by atomic mass is 9.99. The van der Waals surface area contributed by atoms with E-state index in [4.69, 9.17) is 0 Å². The van der Waals surface area contributed by atoms with Crippen LogP contribution in [0.15, 0.2) is 42.9 Å². The van der Waals surface area contributed by atoms with Gasteiger partial charge in [0, 0.05) is 43.5 Å². The topological polar surface area (TPSA) is 42.7 Å². The van der Waals surface area contributed by atoms with Gasteiger partial charge in [-0.15, -0.1) is 0 Å². The lowest BCUT2D eigenvalue weighted by Gasteiger charge is -2.24. The van der Waals surface area contributed by atoms with E-state index in [1.54, 1.807) is 10.8 Å². The zero-order valence-electron chi connectivity index (χ0n) is 14.1. The van der Waals surface area contributed by atoms with Gasteiger partial charge < -0.3 is 9.88 Å². The van der Waals surface area contributed by atoms with Crippen LogP contribution in [0.4, 0.5) is 13.2 Å². The van der Waals surface area contributed by atoms with E-state index in [-0.39, 0.29) is 0 Å². The van der Waals surface area contributed by atoms with Crippen LogP contribution in [0, 0.1) is 5.92 Å². The number of imidazole rings is 1. The summed E-state index contributed by atoms with van der Waals surface area (Å²) in [4.78, 5) is 7.87. The van der Waals surface area contributed by atoms with Crippen molar-refractivity contribution in [2.75, 3.05) is 6.54 Å². The van der Waals surface area contributed by atoms with Gasteiger partial charge >= 0.3 is 6.18 Å². The van der Waals surface area contributed by atoms with Crippen LogP contribution in [0.5, 0.6) is 0 Å². The van der Waals surface area contributed by atoms with Crippen LogP contribution < -0.4 is 5.32 Å². The van der Waals surface area contributed by atoms with E-state index < -0.39 is 11.9 Å². The Morgan fingerprint density at radius 1 is 1.23 bits per heavy atom. The Balaban J connectivity index is 1.38. The first-order valence-corrected chi connectivity index (χ1v) is 8.66. The highest BCUT2D eigenvalue weighted by Crippen LogP contribution is 2.30. The van der Waals surface area contributed by atoms with Gasteiger partial charge in [-0.2, -0.15) is 13.2 Å². The number of nitrogens with one attached hydrogen (secondary N) is 1. The molecule has 3 heterocycles. The Hall–Kier alpha value is -2.41. The number of nitrogens with zero attached hydrogens (tertiary/aromatic N) is 3. The molecular weight excluding hydrogens is 341 g/mol. The van der Waals surface area contributed by atoms with Crippen LogP contribution in [0.2, 0.25) is 0 Å². The van der Waals surface area contributed by atoms with Crippen LogP contribution in [0.3, 0.4) is 0 Å². The maximum absolute atomic E-state index is 12.8. The lowest BCUT2D eigenvalue weighted by molar-refractivity contribution is -0.141. The molecule has 0 bridgehead atoms. The van der Waals surface area contributed by atoms with E-state index >= 15 is 0 Å². The molecule has 0 radical (unpaired) electrons. The second-order valence-electron chi connectivity index (χ2n) is 6.74. The fourth-order valence-corrected chi connectivity index (χ4v) is 3.57. The molecule has 0 amide bonds. The Labute approximate surface area is 149 Å². The van der Waals surface area contributed by atoms with Crippen molar-refractivity contribution in [3.8, 4) is 0 Å². The van der Waals surface area contributed by atoms with E-state index in [2.05, 4.69) is 21.4 Å². The molecule has 1 aromatic carbocycles. The van der Waals surface area contributed by atoms with Gasteiger partial charge in [0.1, 0.15) is 5.82 Å². The number of hydrogen-bond donors (Lipinski definition) is 1. The molecule has 1 aliphatic rings. The molecule has 2 aromatic heterocycles. The number of fused-ring (bicyclic) bond motifs is 2. The zero-order chi connectivity index (χ0) is 18.1. The van der Waals surface area contributed by atoms with Crippen molar-refractivity contribution in [1.29, 1.82) is 0 Å². The maximum atomic E-state index is 12.8. The summed E-state index contributed by atoms with van der Waals surface area (Å²) in [6, 6.07) is 8.13. The van der Waals surface area contributed by atoms with Crippen molar-refractivity contribution in [1.82, 2.24) is 19.9 Å². The van der Waals surface area contributed by atoms with E-state index in [1.807, 2.05) is 24.4 Å². The smallest absolute Gasteiger partial charge is 0.334 e. The van der Waals surface area contributed by atoms with Crippen LogP contribution in [-0.2, 0) is 25.7 Å². The highest BCUT2D eigenvalue weighted by Gasteiger charge is 2.35. The van der Waals surface area contributed by atoms with Gasteiger partial charge in [0.05, 0.1) is 0 Å². The van der Waals surface area contributed by atoms with Gasteiger partial charge in [0.25, 0.3) is 0 Å². The molecule has 4 rings (SSSR count). The van der Waals surface area contributed by atoms with Crippen molar-refractivity contribution in [2.45, 2.75) is 32.1 Å². The number of aromatic nitrogens is 3. The zero-order valence-corrected chi connectivity index (χ0v) is 14.1. The van der Waals surface area contributed by atoms with Crippen molar-refractivity contribution in [2.24, 2.45) is 5.92 Å². The first-order valence-electron chi connectivity index (χ1n) is 8.66. The molecule has 0 spiro atoms. The molecule has 1 aliphatic heterocycles. The van der Waals surface area contributed by atoms with Gasteiger partial charge in [-0.05, 0) is 35.9 Å². The van der Waals surface area contributed by atoms with Crippen LogP contribution in [-0.4, -0.2) is 21.1 Å². The van der Waals surface area contributed by atoms with Crippen molar-refractivity contribution < 1.29 is 13.2 Å². The predicted molar refractivity (Wildman–Crippen MR) is 92.5 cm³/mol. The molecular formula is C19H19F3N4. The second-order valence-corrected chi connectivity index (χ2v) is 6.74. The maximum Gasteiger partial charge on any atom is 0.434 e. The molecule has 1 N–H and O–H groups in total. The third kappa shape index (κ3) is 3.44. The Bertz CT molecular complexity index is 911. The van der Waals surface area contributed by atoms with Gasteiger partial charge in [-0.1, -0.05) is 18.2 Å².